The number of anilines is 1. The monoisotopic (exact) mass is 737 g/mol. The van der Waals surface area contributed by atoms with Crippen molar-refractivity contribution in [2.45, 2.75) is 95.8 Å². The van der Waals surface area contributed by atoms with E-state index in [1.165, 1.54) is 18.9 Å². The lowest BCUT2D eigenvalue weighted by molar-refractivity contribution is -0.148. The van der Waals surface area contributed by atoms with Crippen molar-refractivity contribution in [1.82, 2.24) is 10.2 Å². The van der Waals surface area contributed by atoms with E-state index in [2.05, 4.69) is 5.32 Å². The van der Waals surface area contributed by atoms with E-state index in [0.29, 0.717) is 48.6 Å². The number of benzene rings is 1. The van der Waals surface area contributed by atoms with Gasteiger partial charge >= 0.3 is 12.1 Å². The number of likely N-dealkylation sites (N-methyl/N-ethyl adjacent to an activating group) is 1. The van der Waals surface area contributed by atoms with Crippen LogP contribution in [0.15, 0.2) is 35.9 Å². The van der Waals surface area contributed by atoms with Gasteiger partial charge in [-0.25, -0.2) is 9.59 Å². The first-order valence-corrected chi connectivity index (χ1v) is 18.4. The van der Waals surface area contributed by atoms with Gasteiger partial charge in [-0.1, -0.05) is 42.3 Å². The molecule has 0 aromatic heterocycles. The Kier molecular flexibility index (Phi) is 14.6. The number of carboxylic acids is 1. The Morgan fingerprint density at radius 2 is 1.98 bits per heavy atom. The minimum Gasteiger partial charge on any atom is -0.495 e. The zero-order chi connectivity index (χ0) is 37.4. The van der Waals surface area contributed by atoms with Crippen molar-refractivity contribution in [3.8, 4) is 5.75 Å². The first-order chi connectivity index (χ1) is 23.5. The molecule has 3 aliphatic rings. The number of epoxide rings is 1. The third kappa shape index (κ3) is 10.4. The van der Waals surface area contributed by atoms with Crippen molar-refractivity contribution < 1.29 is 43.2 Å². The summed E-state index contributed by atoms with van der Waals surface area (Å²) in [4.78, 5) is 50.4. The van der Waals surface area contributed by atoms with Gasteiger partial charge in [0, 0.05) is 58.6 Å². The predicted molar refractivity (Wildman–Crippen MR) is 195 cm³/mol. The molecule has 0 unspecified atom stereocenters. The summed E-state index contributed by atoms with van der Waals surface area (Å²) in [6, 6.07) is 3.10. The molecule has 0 radical (unpaired) electrons. The largest absolute Gasteiger partial charge is 0.495 e. The van der Waals surface area contributed by atoms with Gasteiger partial charge in [0.2, 0.25) is 11.8 Å². The molecule has 4 bridgehead atoms. The Morgan fingerprint density at radius 3 is 2.60 bits per heavy atom. The van der Waals surface area contributed by atoms with Crippen molar-refractivity contribution in [1.29, 1.82) is 0 Å². The number of ether oxygens (including phenoxy) is 4. The van der Waals surface area contributed by atoms with Crippen LogP contribution >= 0.6 is 23.4 Å². The molecule has 0 saturated carbocycles. The van der Waals surface area contributed by atoms with Crippen LogP contribution in [-0.2, 0) is 35.0 Å². The van der Waals surface area contributed by atoms with Gasteiger partial charge in [0.15, 0.2) is 0 Å². The second kappa shape index (κ2) is 17.8. The van der Waals surface area contributed by atoms with E-state index < -0.39 is 29.4 Å². The van der Waals surface area contributed by atoms with Crippen LogP contribution in [0.4, 0.5) is 10.5 Å². The van der Waals surface area contributed by atoms with Crippen LogP contribution in [0.2, 0.25) is 5.02 Å². The second-order valence-corrected chi connectivity index (χ2v) is 14.7. The Labute approximate surface area is 304 Å². The van der Waals surface area contributed by atoms with E-state index in [0.717, 1.165) is 16.9 Å². The maximum absolute atomic E-state index is 13.2. The van der Waals surface area contributed by atoms with E-state index >= 15 is 0 Å². The van der Waals surface area contributed by atoms with Crippen molar-refractivity contribution in [3.63, 3.8) is 0 Å². The quantitative estimate of drug-likeness (QED) is 0.327. The van der Waals surface area contributed by atoms with Crippen molar-refractivity contribution in [2.75, 3.05) is 45.2 Å². The second-order valence-electron chi connectivity index (χ2n) is 13.3. The number of nitrogens with zero attached hydrogens (tertiary/aromatic N) is 2. The lowest BCUT2D eigenvalue weighted by atomic mass is 9.85. The van der Waals surface area contributed by atoms with Gasteiger partial charge in [-0.05, 0) is 57.6 Å². The Morgan fingerprint density at radius 1 is 1.28 bits per heavy atom. The molecule has 14 heteroatoms. The number of hydrogen-bond acceptors (Lipinski definition) is 9. The fraction of sp³-hybridized carbons (Fsp3) is 0.611. The van der Waals surface area contributed by atoms with Crippen LogP contribution in [0.1, 0.15) is 65.4 Å². The zero-order valence-electron chi connectivity index (χ0n) is 30.5. The summed E-state index contributed by atoms with van der Waals surface area (Å²) in [7, 11) is 6.42. The number of hydrogen-bond donors (Lipinski definition) is 2. The van der Waals surface area contributed by atoms with E-state index in [1.54, 1.807) is 37.9 Å². The van der Waals surface area contributed by atoms with Crippen molar-refractivity contribution in [2.24, 2.45) is 5.92 Å². The van der Waals surface area contributed by atoms with Gasteiger partial charge in [0.1, 0.15) is 28.6 Å². The smallest absolute Gasteiger partial charge is 0.409 e. The number of aliphatic carboxylic acids is 1. The molecule has 3 heterocycles. The molecule has 2 saturated heterocycles. The van der Waals surface area contributed by atoms with Crippen LogP contribution in [0.3, 0.4) is 0 Å². The summed E-state index contributed by atoms with van der Waals surface area (Å²) in [6.45, 7) is 7.56. The van der Waals surface area contributed by atoms with Crippen LogP contribution in [0, 0.1) is 5.92 Å². The Balaban J connectivity index is 0.000000442. The number of methoxy groups -OCH3 is 2. The number of fused-ring (bicyclic) bond motifs is 5. The van der Waals surface area contributed by atoms with E-state index in [1.807, 2.05) is 57.4 Å². The van der Waals surface area contributed by atoms with E-state index in [4.69, 9.17) is 35.7 Å². The normalized spacial score (nSPS) is 29.0. The van der Waals surface area contributed by atoms with E-state index in [-0.39, 0.29) is 36.4 Å². The average Bonchev–Trinajstić information content (AvgIpc) is 3.77. The first kappa shape index (κ1) is 41.2. The molecule has 1 aromatic carbocycles. The molecule has 50 heavy (non-hydrogen) atoms. The maximum Gasteiger partial charge on any atom is 0.409 e. The highest BCUT2D eigenvalue weighted by atomic mass is 35.5. The van der Waals surface area contributed by atoms with Crippen molar-refractivity contribution >= 4 is 52.9 Å². The number of carbonyl (C=O) groups is 4. The lowest BCUT2D eigenvalue weighted by Crippen LogP contribution is -2.58. The fourth-order valence-electron chi connectivity index (χ4n) is 6.14. The topological polar surface area (TPSA) is 147 Å². The van der Waals surface area contributed by atoms with Crippen LogP contribution in [-0.4, -0.2) is 104 Å². The van der Waals surface area contributed by atoms with Crippen molar-refractivity contribution in [3.05, 3.63) is 46.5 Å². The highest BCUT2D eigenvalue weighted by Gasteiger charge is 2.58. The molecule has 2 N–H and O–H groups in total. The minimum atomic E-state index is -0.972. The molecule has 0 aliphatic carbocycles. The van der Waals surface area contributed by atoms with Gasteiger partial charge < -0.3 is 33.9 Å². The first-order valence-electron chi connectivity index (χ1n) is 16.7. The molecule has 1 aromatic rings. The molecule has 278 valence electrons. The molecular weight excluding hydrogens is 686 g/mol. The summed E-state index contributed by atoms with van der Waals surface area (Å²) in [5, 5.41) is 11.9. The third-order valence-corrected chi connectivity index (χ3v) is 10.7. The summed E-state index contributed by atoms with van der Waals surface area (Å²) >= 11 is 8.19. The number of carboxylic acid groups (broad SMARTS) is 1. The highest BCUT2D eigenvalue weighted by molar-refractivity contribution is 7.98. The molecule has 3 amide bonds. The van der Waals surface area contributed by atoms with Gasteiger partial charge in [-0.15, -0.1) is 0 Å². The average molecular weight is 738 g/mol. The Bertz CT molecular complexity index is 1470. The molecular formula is C36H52ClN3O9S. The number of allylic oxidation sites excluding steroid dienone is 3. The molecule has 3 aliphatic heterocycles. The number of amides is 3. The summed E-state index contributed by atoms with van der Waals surface area (Å²) in [6.07, 6.45) is 9.75. The number of thioether (sulfide) groups is 1. The lowest BCUT2D eigenvalue weighted by Gasteiger charge is -2.41. The predicted octanol–water partition coefficient (Wildman–Crippen LogP) is 5.85. The molecule has 2 fully saturated rings. The highest BCUT2D eigenvalue weighted by Crippen LogP contribution is 2.48. The number of halogens is 1. The molecule has 0 spiro atoms. The van der Waals surface area contributed by atoms with Gasteiger partial charge in [-0.2, -0.15) is 11.8 Å². The zero-order valence-corrected chi connectivity index (χ0v) is 32.1. The third-order valence-electron chi connectivity index (χ3n) is 9.68. The number of rotatable bonds is 7. The molecule has 4 rings (SSSR count). The van der Waals surface area contributed by atoms with Crippen LogP contribution in [0.5, 0.6) is 5.75 Å². The number of carbonyl (C=O) groups excluding carboxylic acids is 3. The van der Waals surface area contributed by atoms with Crippen LogP contribution in [0.25, 0.3) is 0 Å². The maximum atomic E-state index is 13.2. The summed E-state index contributed by atoms with van der Waals surface area (Å²) in [5.41, 5.74) is 1.37. The summed E-state index contributed by atoms with van der Waals surface area (Å²) < 4.78 is 23.1. The number of nitrogens with one attached hydrogen (secondary N) is 1. The van der Waals surface area contributed by atoms with Crippen LogP contribution < -0.4 is 15.0 Å². The van der Waals surface area contributed by atoms with Gasteiger partial charge in [0.25, 0.3) is 0 Å². The standard InChI is InChI=1S/C28H37ClN2O6.C8H15NO3S/c1-17-9-7-8-11-28(35-6)16-22(36-26(33)30-28)18(2)25-27(3,37-25)12-10-23(32)31(4)20-14-19(13-17)15-21(34-5)24(20)29;1-6(8(11)12)9(2)7(10)4-5-13-3/h7-9,14-15,18,22,25H,10-13,16H2,1-6H3,(H,30,33);6H,4-5H2,1-3H3,(H,11,12)/b8-7+,17-9+;/t18-,22+,25+,27+,28-;6-/m11/s1. The number of alkyl carbamates (subject to hydrolysis) is 1. The summed E-state index contributed by atoms with van der Waals surface area (Å²) in [5.74, 6) is 0.0324. The molecule has 6 atom stereocenters. The van der Waals surface area contributed by atoms with Gasteiger partial charge in [0.05, 0.1) is 24.5 Å². The van der Waals surface area contributed by atoms with Gasteiger partial charge in [-0.3, -0.25) is 14.9 Å². The SMILES string of the molecule is COc1cc2cc(c1Cl)N(C)C(=O)CC[C@]1(C)O[C@H]1[C@H](C)[C@@H]1C[C@](OC)(C/C=C/C=C(\C)C2)NC(=O)O1.CSCCC(=O)N(C)[C@H](C)C(=O)O. The minimum absolute atomic E-state index is 0.0657. The molecule has 12 nitrogen and oxygen atoms in total. The fourth-order valence-corrected chi connectivity index (χ4v) is 6.83. The van der Waals surface area contributed by atoms with E-state index in [9.17, 15) is 19.2 Å². The Hall–Kier alpha value is -3.26.